The lowest BCUT2D eigenvalue weighted by Crippen LogP contribution is -2.38. The van der Waals surface area contributed by atoms with Crippen molar-refractivity contribution in [3.8, 4) is 11.1 Å². The number of halogens is 3. The summed E-state index contributed by atoms with van der Waals surface area (Å²) in [7, 11) is 0. The fraction of sp³-hybridized carbons (Fsp3) is 0.542. The first kappa shape index (κ1) is 27.4. The number of benzene rings is 1. The number of nitrogens with one attached hydrogen (secondary N) is 3. The molecule has 0 aliphatic carbocycles. The van der Waals surface area contributed by atoms with Crippen molar-refractivity contribution in [2.75, 3.05) is 23.8 Å². The zero-order valence-corrected chi connectivity index (χ0v) is 21.0. The van der Waals surface area contributed by atoms with Crippen molar-refractivity contribution in [3.05, 3.63) is 35.5 Å². The van der Waals surface area contributed by atoms with Crippen molar-refractivity contribution < 1.29 is 23.1 Å². The summed E-state index contributed by atoms with van der Waals surface area (Å²) in [5.41, 5.74) is 12.0. The number of hydrogen-bond donors (Lipinski definition) is 6. The molecule has 4 rings (SSSR count). The van der Waals surface area contributed by atoms with Crippen molar-refractivity contribution in [3.63, 3.8) is 0 Å². The SMILES string of the molecule is Nc1nc(N)c(-c2cccc(C(F)(F)F)c2)c(CCCNC(=O)CCCC[C@H]2SCC3NC(O)NC32)n1. The molecule has 2 saturated heterocycles. The second-order valence-electron chi connectivity index (χ2n) is 9.31. The molecular formula is C24H32F3N7O2S. The van der Waals surface area contributed by atoms with Gasteiger partial charge in [-0.3, -0.25) is 15.4 Å². The fourth-order valence-electron chi connectivity index (χ4n) is 4.86. The zero-order valence-electron chi connectivity index (χ0n) is 20.2. The largest absolute Gasteiger partial charge is 0.416 e. The van der Waals surface area contributed by atoms with Crippen LogP contribution in [0.1, 0.15) is 43.4 Å². The number of nitrogen functional groups attached to an aromatic ring is 2. The van der Waals surface area contributed by atoms with E-state index in [1.165, 1.54) is 12.1 Å². The van der Waals surface area contributed by atoms with Crippen LogP contribution >= 0.6 is 11.8 Å². The number of nitrogens with zero attached hydrogens (tertiary/aromatic N) is 2. The predicted molar refractivity (Wildman–Crippen MR) is 137 cm³/mol. The molecule has 0 bridgehead atoms. The molecule has 0 radical (unpaired) electrons. The fourth-order valence-corrected chi connectivity index (χ4v) is 6.43. The quantitative estimate of drug-likeness (QED) is 0.250. The average molecular weight is 540 g/mol. The van der Waals surface area contributed by atoms with Gasteiger partial charge >= 0.3 is 6.18 Å². The third kappa shape index (κ3) is 7.03. The molecule has 37 heavy (non-hydrogen) atoms. The molecule has 0 spiro atoms. The molecule has 0 saturated carbocycles. The minimum atomic E-state index is -4.49. The van der Waals surface area contributed by atoms with Gasteiger partial charge in [-0.25, -0.2) is 4.98 Å². The molecule has 3 heterocycles. The number of carbonyl (C=O) groups is 1. The third-order valence-electron chi connectivity index (χ3n) is 6.61. The smallest absolute Gasteiger partial charge is 0.383 e. The van der Waals surface area contributed by atoms with Gasteiger partial charge in [0.2, 0.25) is 11.9 Å². The van der Waals surface area contributed by atoms with Crippen LogP contribution < -0.4 is 27.4 Å². The highest BCUT2D eigenvalue weighted by molar-refractivity contribution is 8.00. The van der Waals surface area contributed by atoms with Crippen LogP contribution in [0, 0.1) is 0 Å². The van der Waals surface area contributed by atoms with E-state index in [0.717, 1.165) is 37.1 Å². The number of aliphatic hydroxyl groups excluding tert-OH is 1. The van der Waals surface area contributed by atoms with E-state index in [2.05, 4.69) is 25.9 Å². The Labute approximate surface area is 217 Å². The molecule has 2 aliphatic rings. The third-order valence-corrected chi connectivity index (χ3v) is 8.12. The van der Waals surface area contributed by atoms with Crippen molar-refractivity contribution in [1.82, 2.24) is 25.9 Å². The summed E-state index contributed by atoms with van der Waals surface area (Å²) in [6.45, 7) is 0.389. The van der Waals surface area contributed by atoms with E-state index in [1.54, 1.807) is 0 Å². The molecular weight excluding hydrogens is 507 g/mol. The number of nitrogens with two attached hydrogens (primary N) is 2. The Hall–Kier alpha value is -2.61. The molecule has 2 fully saturated rings. The number of carbonyl (C=O) groups excluding carboxylic acids is 1. The van der Waals surface area contributed by atoms with Crippen molar-refractivity contribution in [1.29, 1.82) is 0 Å². The summed E-state index contributed by atoms with van der Waals surface area (Å²) < 4.78 is 39.6. The van der Waals surface area contributed by atoms with Crippen LogP contribution in [0.2, 0.25) is 0 Å². The molecule has 3 unspecified atom stereocenters. The molecule has 2 aliphatic heterocycles. The van der Waals surface area contributed by atoms with Gasteiger partial charge in [0, 0.05) is 41.6 Å². The van der Waals surface area contributed by atoms with E-state index in [0.29, 0.717) is 48.4 Å². The standard InChI is InChI=1S/C24H32F3N7O2S/c25-24(26,27)14-6-3-5-13(11-14)19-15(31-22(29)34-21(19)28)7-4-10-30-18(35)9-2-1-8-17-20-16(12-37-17)32-23(36)33-20/h3,5-6,11,16-17,20,23,32-33,36H,1-2,4,7-10,12H2,(H,30,35)(H4,28,29,31,34)/t16?,17-,20?,23?/m1/s1. The first-order valence-corrected chi connectivity index (χ1v) is 13.3. The summed E-state index contributed by atoms with van der Waals surface area (Å²) in [6.07, 6.45) is -1.16. The van der Waals surface area contributed by atoms with Gasteiger partial charge < -0.3 is 21.9 Å². The number of hydrogen-bond acceptors (Lipinski definition) is 9. The van der Waals surface area contributed by atoms with E-state index in [-0.39, 0.29) is 29.3 Å². The topological polar surface area (TPSA) is 151 Å². The number of fused-ring (bicyclic) bond motifs is 1. The molecule has 1 amide bonds. The Kier molecular flexibility index (Phi) is 8.78. The molecule has 202 valence electrons. The Balaban J connectivity index is 1.23. The number of aromatic nitrogens is 2. The molecule has 13 heteroatoms. The van der Waals surface area contributed by atoms with E-state index in [4.69, 9.17) is 11.5 Å². The van der Waals surface area contributed by atoms with E-state index in [1.807, 2.05) is 11.8 Å². The van der Waals surface area contributed by atoms with Crippen LogP contribution in [0.5, 0.6) is 0 Å². The van der Waals surface area contributed by atoms with Crippen LogP contribution in [-0.2, 0) is 17.4 Å². The number of aliphatic hydroxyl groups is 1. The maximum absolute atomic E-state index is 13.2. The summed E-state index contributed by atoms with van der Waals surface area (Å²) in [5, 5.41) is 19.3. The van der Waals surface area contributed by atoms with E-state index in [9.17, 15) is 23.1 Å². The molecule has 1 aromatic heterocycles. The van der Waals surface area contributed by atoms with Crippen molar-refractivity contribution in [2.45, 2.75) is 68.4 Å². The number of thioether (sulfide) groups is 1. The van der Waals surface area contributed by atoms with E-state index < -0.39 is 18.1 Å². The average Bonchev–Trinajstić information content (AvgIpc) is 3.38. The number of anilines is 2. The van der Waals surface area contributed by atoms with Gasteiger partial charge in [0.25, 0.3) is 0 Å². The predicted octanol–water partition coefficient (Wildman–Crippen LogP) is 2.26. The summed E-state index contributed by atoms with van der Waals surface area (Å²) in [5.74, 6) is 0.875. The number of alkyl halides is 3. The second kappa shape index (κ2) is 11.8. The van der Waals surface area contributed by atoms with Crippen LogP contribution in [0.3, 0.4) is 0 Å². The minimum Gasteiger partial charge on any atom is -0.383 e. The van der Waals surface area contributed by atoms with Gasteiger partial charge in [-0.15, -0.1) is 0 Å². The van der Waals surface area contributed by atoms with Crippen LogP contribution in [0.4, 0.5) is 24.9 Å². The lowest BCUT2D eigenvalue weighted by Gasteiger charge is -2.17. The molecule has 4 atom stereocenters. The van der Waals surface area contributed by atoms with Gasteiger partial charge in [0.15, 0.2) is 6.35 Å². The zero-order chi connectivity index (χ0) is 26.6. The molecule has 8 N–H and O–H groups in total. The Bertz CT molecular complexity index is 1100. The Morgan fingerprint density at radius 1 is 1.19 bits per heavy atom. The second-order valence-corrected chi connectivity index (χ2v) is 10.6. The molecule has 2 aromatic rings. The highest BCUT2D eigenvalue weighted by atomic mass is 32.2. The van der Waals surface area contributed by atoms with Gasteiger partial charge in [-0.2, -0.15) is 29.9 Å². The van der Waals surface area contributed by atoms with Gasteiger partial charge in [-0.05, 0) is 43.4 Å². The van der Waals surface area contributed by atoms with Crippen LogP contribution in [0.15, 0.2) is 24.3 Å². The number of amides is 1. The number of aryl methyl sites for hydroxylation is 1. The van der Waals surface area contributed by atoms with E-state index >= 15 is 0 Å². The van der Waals surface area contributed by atoms with Crippen molar-refractivity contribution in [2.24, 2.45) is 0 Å². The summed E-state index contributed by atoms with van der Waals surface area (Å²) in [6, 6.07) is 5.40. The molecule has 9 nitrogen and oxygen atoms in total. The summed E-state index contributed by atoms with van der Waals surface area (Å²) in [4.78, 5) is 20.4. The lowest BCUT2D eigenvalue weighted by atomic mass is 9.99. The number of rotatable bonds is 10. The molecule has 1 aromatic carbocycles. The van der Waals surface area contributed by atoms with Gasteiger partial charge in [-0.1, -0.05) is 18.6 Å². The minimum absolute atomic E-state index is 0.00991. The normalized spacial score (nSPS) is 23.2. The van der Waals surface area contributed by atoms with Crippen LogP contribution in [0.25, 0.3) is 11.1 Å². The van der Waals surface area contributed by atoms with Gasteiger partial charge in [0.05, 0.1) is 11.3 Å². The monoisotopic (exact) mass is 539 g/mol. The highest BCUT2D eigenvalue weighted by Crippen LogP contribution is 2.35. The van der Waals surface area contributed by atoms with Crippen molar-refractivity contribution >= 4 is 29.4 Å². The van der Waals surface area contributed by atoms with Gasteiger partial charge in [0.1, 0.15) is 5.82 Å². The number of unbranched alkanes of at least 4 members (excludes halogenated alkanes) is 1. The van der Waals surface area contributed by atoms with Crippen LogP contribution in [-0.4, -0.2) is 57.0 Å². The maximum atomic E-state index is 13.2. The lowest BCUT2D eigenvalue weighted by molar-refractivity contribution is -0.137. The Morgan fingerprint density at radius 2 is 2.00 bits per heavy atom. The summed E-state index contributed by atoms with van der Waals surface area (Å²) >= 11 is 1.89. The Morgan fingerprint density at radius 3 is 2.78 bits per heavy atom. The first-order chi connectivity index (χ1) is 17.6. The first-order valence-electron chi connectivity index (χ1n) is 12.3. The maximum Gasteiger partial charge on any atom is 0.416 e. The highest BCUT2D eigenvalue weighted by Gasteiger charge is 2.42.